The number of rotatable bonds is 3. The minimum absolute atomic E-state index is 0.0868. The van der Waals surface area contributed by atoms with Crippen LogP contribution >= 0.6 is 0 Å². The van der Waals surface area contributed by atoms with E-state index in [1.54, 1.807) is 0 Å². The minimum Gasteiger partial charge on any atom is -0.393 e. The summed E-state index contributed by atoms with van der Waals surface area (Å²) >= 11 is 0. The molecule has 1 unspecified atom stereocenters. The van der Waals surface area contributed by atoms with Gasteiger partial charge < -0.3 is 5.11 Å². The molecule has 16 heavy (non-hydrogen) atoms. The monoisotopic (exact) mass is 224 g/mol. The summed E-state index contributed by atoms with van der Waals surface area (Å²) in [5.41, 5.74) is 0. The van der Waals surface area contributed by atoms with Crippen molar-refractivity contribution in [3.8, 4) is 0 Å². The van der Waals surface area contributed by atoms with E-state index in [0.717, 1.165) is 24.2 Å². The summed E-state index contributed by atoms with van der Waals surface area (Å²) in [7, 11) is 0. The third kappa shape index (κ3) is 3.48. The topological polar surface area (TPSA) is 20.2 Å². The van der Waals surface area contributed by atoms with Gasteiger partial charge in [0.2, 0.25) is 0 Å². The molecule has 1 N–H and O–H groups in total. The second-order valence-electron chi connectivity index (χ2n) is 6.26. The zero-order valence-electron chi connectivity index (χ0n) is 10.8. The highest BCUT2D eigenvalue weighted by atomic mass is 16.3. The Hall–Kier alpha value is -0.0400. The Kier molecular flexibility index (Phi) is 4.69. The molecule has 0 aromatic rings. The molecule has 94 valence electrons. The molecule has 0 amide bonds. The van der Waals surface area contributed by atoms with Gasteiger partial charge in [0.25, 0.3) is 0 Å². The van der Waals surface area contributed by atoms with Crippen LogP contribution < -0.4 is 0 Å². The maximum atomic E-state index is 9.42. The van der Waals surface area contributed by atoms with Gasteiger partial charge in [0.15, 0.2) is 0 Å². The molecule has 0 bridgehead atoms. The van der Waals surface area contributed by atoms with E-state index in [2.05, 4.69) is 0 Å². The van der Waals surface area contributed by atoms with Crippen LogP contribution in [0.2, 0.25) is 0 Å². The molecule has 0 radical (unpaired) electrons. The van der Waals surface area contributed by atoms with Gasteiger partial charge in [-0.05, 0) is 43.9 Å². The van der Waals surface area contributed by atoms with Crippen LogP contribution in [0.3, 0.4) is 0 Å². The van der Waals surface area contributed by atoms with Crippen molar-refractivity contribution in [2.75, 3.05) is 0 Å². The van der Waals surface area contributed by atoms with E-state index in [1.165, 1.54) is 57.8 Å². The molecule has 2 aliphatic rings. The lowest BCUT2D eigenvalue weighted by molar-refractivity contribution is 0.117. The van der Waals surface area contributed by atoms with Crippen molar-refractivity contribution in [3.63, 3.8) is 0 Å². The minimum atomic E-state index is -0.0868. The molecule has 0 aromatic carbocycles. The average molecular weight is 224 g/mol. The zero-order valence-corrected chi connectivity index (χ0v) is 10.8. The smallest absolute Gasteiger partial charge is 0.0514 e. The van der Waals surface area contributed by atoms with Gasteiger partial charge >= 0.3 is 0 Å². The summed E-state index contributed by atoms with van der Waals surface area (Å²) in [6.07, 6.45) is 14.1. The van der Waals surface area contributed by atoms with E-state index >= 15 is 0 Å². The zero-order chi connectivity index (χ0) is 11.4. The van der Waals surface area contributed by atoms with E-state index < -0.39 is 0 Å². The fourth-order valence-corrected chi connectivity index (χ4v) is 3.98. The van der Waals surface area contributed by atoms with Crippen LogP contribution in [0.25, 0.3) is 0 Å². The molecule has 2 saturated carbocycles. The van der Waals surface area contributed by atoms with Gasteiger partial charge in [0, 0.05) is 0 Å². The Bertz CT molecular complexity index is 186. The number of aliphatic hydroxyl groups excluding tert-OH is 1. The first-order chi connectivity index (χ1) is 7.75. The fraction of sp³-hybridized carbons (Fsp3) is 1.00. The van der Waals surface area contributed by atoms with E-state index in [9.17, 15) is 5.11 Å². The molecule has 1 atom stereocenters. The maximum Gasteiger partial charge on any atom is 0.0514 e. The molecule has 0 saturated heterocycles. The molecule has 2 aliphatic carbocycles. The van der Waals surface area contributed by atoms with Gasteiger partial charge in [-0.15, -0.1) is 0 Å². The van der Waals surface area contributed by atoms with Crippen LogP contribution in [-0.2, 0) is 0 Å². The molecule has 0 spiro atoms. The molecule has 0 heterocycles. The van der Waals surface area contributed by atoms with Crippen LogP contribution in [0, 0.1) is 17.8 Å². The first-order valence-corrected chi connectivity index (χ1v) is 7.43. The molecule has 2 fully saturated rings. The van der Waals surface area contributed by atoms with Gasteiger partial charge in [-0.2, -0.15) is 0 Å². The van der Waals surface area contributed by atoms with Crippen molar-refractivity contribution < 1.29 is 5.11 Å². The maximum absolute atomic E-state index is 9.42. The first-order valence-electron chi connectivity index (χ1n) is 7.43. The van der Waals surface area contributed by atoms with Gasteiger partial charge in [0.1, 0.15) is 0 Å². The normalized spacial score (nSPS) is 34.9. The van der Waals surface area contributed by atoms with Gasteiger partial charge in [-0.3, -0.25) is 0 Å². The third-order valence-corrected chi connectivity index (χ3v) is 4.88. The molecule has 1 nitrogen and oxygen atoms in total. The SMILES string of the molecule is CC(O)CC1CCC(C2CCCCC2)CC1. The molecule has 1 heteroatoms. The molecule has 0 aliphatic heterocycles. The standard InChI is InChI=1S/C15H28O/c1-12(16)11-13-7-9-15(10-8-13)14-5-3-2-4-6-14/h12-16H,2-11H2,1H3. The highest BCUT2D eigenvalue weighted by Gasteiger charge is 2.28. The Morgan fingerprint density at radius 1 is 0.875 bits per heavy atom. The molecule has 2 rings (SSSR count). The number of aliphatic hydroxyl groups is 1. The fourth-order valence-electron chi connectivity index (χ4n) is 3.98. The summed E-state index contributed by atoms with van der Waals surface area (Å²) in [6.45, 7) is 1.94. The lowest BCUT2D eigenvalue weighted by Crippen LogP contribution is -2.24. The second-order valence-corrected chi connectivity index (χ2v) is 6.26. The van der Waals surface area contributed by atoms with Crippen LogP contribution in [0.5, 0.6) is 0 Å². The summed E-state index contributed by atoms with van der Waals surface area (Å²) < 4.78 is 0. The second kappa shape index (κ2) is 6.05. The van der Waals surface area contributed by atoms with Crippen molar-refractivity contribution in [2.45, 2.75) is 77.2 Å². The summed E-state index contributed by atoms with van der Waals surface area (Å²) in [5, 5.41) is 9.42. The Labute approximate surface area is 101 Å². The van der Waals surface area contributed by atoms with E-state index in [1.807, 2.05) is 6.92 Å². The van der Waals surface area contributed by atoms with Crippen LogP contribution in [0.15, 0.2) is 0 Å². The highest BCUT2D eigenvalue weighted by Crippen LogP contribution is 2.40. The van der Waals surface area contributed by atoms with Gasteiger partial charge in [0.05, 0.1) is 6.10 Å². The lowest BCUT2D eigenvalue weighted by atomic mass is 9.70. The first kappa shape index (κ1) is 12.4. The van der Waals surface area contributed by atoms with Gasteiger partial charge in [-0.1, -0.05) is 44.9 Å². The largest absolute Gasteiger partial charge is 0.393 e. The Balaban J connectivity index is 1.71. The van der Waals surface area contributed by atoms with Crippen molar-refractivity contribution in [2.24, 2.45) is 17.8 Å². The predicted octanol–water partition coefficient (Wildman–Crippen LogP) is 4.14. The van der Waals surface area contributed by atoms with Crippen LogP contribution in [0.4, 0.5) is 0 Å². The summed E-state index contributed by atoms with van der Waals surface area (Å²) in [6, 6.07) is 0. The summed E-state index contributed by atoms with van der Waals surface area (Å²) in [4.78, 5) is 0. The van der Waals surface area contributed by atoms with Crippen molar-refractivity contribution >= 4 is 0 Å². The van der Waals surface area contributed by atoms with Crippen molar-refractivity contribution in [1.29, 1.82) is 0 Å². The highest BCUT2D eigenvalue weighted by molar-refractivity contribution is 4.80. The number of hydrogen-bond donors (Lipinski definition) is 1. The van der Waals surface area contributed by atoms with E-state index in [4.69, 9.17) is 0 Å². The molecular formula is C15H28O. The molecular weight excluding hydrogens is 196 g/mol. The van der Waals surface area contributed by atoms with Crippen LogP contribution in [-0.4, -0.2) is 11.2 Å². The average Bonchev–Trinajstić information content (AvgIpc) is 2.30. The van der Waals surface area contributed by atoms with Gasteiger partial charge in [-0.25, -0.2) is 0 Å². The predicted molar refractivity (Wildman–Crippen MR) is 68.3 cm³/mol. The van der Waals surface area contributed by atoms with E-state index in [-0.39, 0.29) is 6.10 Å². The number of hydrogen-bond acceptors (Lipinski definition) is 1. The third-order valence-electron chi connectivity index (χ3n) is 4.88. The summed E-state index contributed by atoms with van der Waals surface area (Å²) in [5.74, 6) is 2.91. The lowest BCUT2D eigenvalue weighted by Gasteiger charge is -2.36. The quantitative estimate of drug-likeness (QED) is 0.763. The van der Waals surface area contributed by atoms with Crippen molar-refractivity contribution in [3.05, 3.63) is 0 Å². The van der Waals surface area contributed by atoms with E-state index in [0.29, 0.717) is 0 Å². The van der Waals surface area contributed by atoms with Crippen LogP contribution in [0.1, 0.15) is 71.1 Å². The molecule has 0 aromatic heterocycles. The Morgan fingerprint density at radius 2 is 1.44 bits per heavy atom. The van der Waals surface area contributed by atoms with Crippen molar-refractivity contribution in [1.82, 2.24) is 0 Å². The Morgan fingerprint density at radius 3 is 2.00 bits per heavy atom.